The molecule has 0 N–H and O–H groups in total. The summed E-state index contributed by atoms with van der Waals surface area (Å²) in [5, 5.41) is 0. The fourth-order valence-corrected chi connectivity index (χ4v) is 3.46. The number of hydrogen-bond donors (Lipinski definition) is 0. The van der Waals surface area contributed by atoms with Crippen molar-refractivity contribution in [3.05, 3.63) is 95.2 Å². The van der Waals surface area contributed by atoms with E-state index >= 15 is 0 Å². The number of aromatic nitrogens is 1. The Kier molecular flexibility index (Phi) is 4.58. The Labute approximate surface area is 175 Å². The van der Waals surface area contributed by atoms with Crippen molar-refractivity contribution < 1.29 is 8.83 Å². The zero-order chi connectivity index (χ0) is 19.6. The lowest BCUT2D eigenvalue weighted by atomic mass is 10.2. The monoisotopic (exact) mass is 442 g/mol. The second kappa shape index (κ2) is 7.53. The molecule has 4 nitrogen and oxygen atoms in total. The molecular formula is C24H15BrN2O2. The van der Waals surface area contributed by atoms with Gasteiger partial charge in [-0.3, -0.25) is 4.99 Å². The van der Waals surface area contributed by atoms with E-state index in [9.17, 15) is 0 Å². The van der Waals surface area contributed by atoms with Crippen LogP contribution in [0.15, 0.2) is 103 Å². The van der Waals surface area contributed by atoms with E-state index in [1.165, 1.54) is 0 Å². The molecule has 5 aromatic rings. The number of halogens is 1. The van der Waals surface area contributed by atoms with Crippen LogP contribution in [0, 0.1) is 0 Å². The summed E-state index contributed by atoms with van der Waals surface area (Å²) in [5.41, 5.74) is 4.25. The predicted octanol–water partition coefficient (Wildman–Crippen LogP) is 7.27. The smallest absolute Gasteiger partial charge is 0.227 e. The summed E-state index contributed by atoms with van der Waals surface area (Å²) in [6.07, 6.45) is 1.71. The topological polar surface area (TPSA) is 51.5 Å². The van der Waals surface area contributed by atoms with Gasteiger partial charge in [-0.25, -0.2) is 4.98 Å². The number of nitrogens with zero attached hydrogens (tertiary/aromatic N) is 2. The number of benzene rings is 3. The third kappa shape index (κ3) is 3.77. The zero-order valence-corrected chi connectivity index (χ0v) is 16.8. The van der Waals surface area contributed by atoms with Crippen molar-refractivity contribution in [2.24, 2.45) is 4.99 Å². The van der Waals surface area contributed by atoms with Crippen LogP contribution >= 0.6 is 15.9 Å². The maximum atomic E-state index is 5.89. The van der Waals surface area contributed by atoms with E-state index in [-0.39, 0.29) is 0 Å². The lowest BCUT2D eigenvalue weighted by Gasteiger charge is -1.97. The second-order valence-corrected chi connectivity index (χ2v) is 7.42. The largest absolute Gasteiger partial charge is 0.455 e. The van der Waals surface area contributed by atoms with E-state index in [1.807, 2.05) is 84.9 Å². The van der Waals surface area contributed by atoms with Gasteiger partial charge in [0.15, 0.2) is 5.58 Å². The molecule has 0 saturated carbocycles. The van der Waals surface area contributed by atoms with E-state index in [0.29, 0.717) is 11.7 Å². The highest BCUT2D eigenvalue weighted by molar-refractivity contribution is 9.10. The summed E-state index contributed by atoms with van der Waals surface area (Å²) in [6.45, 7) is 0. The highest BCUT2D eigenvalue weighted by Gasteiger charge is 2.08. The van der Waals surface area contributed by atoms with Gasteiger partial charge in [-0.05, 0) is 54.6 Å². The Balaban J connectivity index is 1.39. The van der Waals surface area contributed by atoms with Crippen LogP contribution in [0.25, 0.3) is 33.9 Å². The predicted molar refractivity (Wildman–Crippen MR) is 119 cm³/mol. The van der Waals surface area contributed by atoms with Crippen LogP contribution in [0.5, 0.6) is 0 Å². The van der Waals surface area contributed by atoms with Gasteiger partial charge >= 0.3 is 0 Å². The number of fused-ring (bicyclic) bond motifs is 1. The summed E-state index contributed by atoms with van der Waals surface area (Å²) in [5.74, 6) is 2.09. The first-order chi connectivity index (χ1) is 14.2. The van der Waals surface area contributed by atoms with Crippen LogP contribution in [0.1, 0.15) is 5.76 Å². The van der Waals surface area contributed by atoms with Crippen LogP contribution < -0.4 is 0 Å². The molecule has 0 saturated heterocycles. The Bertz CT molecular complexity index is 1320. The average Bonchev–Trinajstić information content (AvgIpc) is 3.40. The molecule has 0 radical (unpaired) electrons. The molecule has 2 aromatic heterocycles. The summed E-state index contributed by atoms with van der Waals surface area (Å²) in [4.78, 5) is 9.11. The summed E-state index contributed by atoms with van der Waals surface area (Å²) in [7, 11) is 0. The summed E-state index contributed by atoms with van der Waals surface area (Å²) in [6, 6.07) is 27.4. The van der Waals surface area contributed by atoms with Crippen LogP contribution in [-0.2, 0) is 0 Å². The normalized spacial score (nSPS) is 11.5. The molecule has 0 amide bonds. The minimum Gasteiger partial charge on any atom is -0.455 e. The first-order valence-corrected chi connectivity index (χ1v) is 9.90. The van der Waals surface area contributed by atoms with E-state index < -0.39 is 0 Å². The van der Waals surface area contributed by atoms with Crippen LogP contribution in [0.2, 0.25) is 0 Å². The molecule has 0 bridgehead atoms. The Morgan fingerprint density at radius 3 is 2.52 bits per heavy atom. The van der Waals surface area contributed by atoms with Crippen LogP contribution in [0.3, 0.4) is 0 Å². The molecule has 5 heteroatoms. The van der Waals surface area contributed by atoms with Crippen molar-refractivity contribution in [1.29, 1.82) is 0 Å². The zero-order valence-electron chi connectivity index (χ0n) is 15.2. The molecular weight excluding hydrogens is 428 g/mol. The highest BCUT2D eigenvalue weighted by atomic mass is 79.9. The fourth-order valence-electron chi connectivity index (χ4n) is 3.06. The van der Waals surface area contributed by atoms with Gasteiger partial charge in [0.2, 0.25) is 5.89 Å². The minimum absolute atomic E-state index is 0.603. The molecule has 140 valence electrons. The fraction of sp³-hybridized carbons (Fsp3) is 0. The van der Waals surface area contributed by atoms with Crippen LogP contribution in [-0.4, -0.2) is 11.2 Å². The first-order valence-electron chi connectivity index (χ1n) is 9.10. The molecule has 0 atom stereocenters. The van der Waals surface area contributed by atoms with Crippen molar-refractivity contribution in [2.75, 3.05) is 0 Å². The van der Waals surface area contributed by atoms with Crippen molar-refractivity contribution in [2.45, 2.75) is 0 Å². The molecule has 0 unspecified atom stereocenters. The molecule has 2 heterocycles. The third-order valence-electron chi connectivity index (χ3n) is 4.47. The number of oxazole rings is 1. The molecule has 5 rings (SSSR count). The maximum absolute atomic E-state index is 5.89. The van der Waals surface area contributed by atoms with Crippen molar-refractivity contribution >= 4 is 38.9 Å². The van der Waals surface area contributed by atoms with E-state index in [4.69, 9.17) is 8.83 Å². The Morgan fingerprint density at radius 1 is 0.793 bits per heavy atom. The van der Waals surface area contributed by atoms with Gasteiger partial charge in [-0.15, -0.1) is 0 Å². The summed E-state index contributed by atoms with van der Waals surface area (Å²) < 4.78 is 12.8. The van der Waals surface area contributed by atoms with Gasteiger partial charge in [0, 0.05) is 15.6 Å². The average molecular weight is 443 g/mol. The third-order valence-corrected chi connectivity index (χ3v) is 4.96. The van der Waals surface area contributed by atoms with Crippen molar-refractivity contribution in [3.8, 4) is 22.8 Å². The van der Waals surface area contributed by atoms with Gasteiger partial charge in [0.1, 0.15) is 17.0 Å². The maximum Gasteiger partial charge on any atom is 0.227 e. The lowest BCUT2D eigenvalue weighted by Crippen LogP contribution is -1.76. The molecule has 3 aromatic carbocycles. The van der Waals surface area contributed by atoms with Gasteiger partial charge < -0.3 is 8.83 Å². The SMILES string of the molecule is Brc1cccc(-c2ccc(C=Nc3ccc4oc(-c5ccccc5)nc4c3)o2)c1. The minimum atomic E-state index is 0.603. The van der Waals surface area contributed by atoms with Crippen molar-refractivity contribution in [3.63, 3.8) is 0 Å². The van der Waals surface area contributed by atoms with Crippen LogP contribution in [0.4, 0.5) is 5.69 Å². The highest BCUT2D eigenvalue weighted by Crippen LogP contribution is 2.28. The lowest BCUT2D eigenvalue weighted by molar-refractivity contribution is 0.575. The van der Waals surface area contributed by atoms with E-state index in [2.05, 4.69) is 25.9 Å². The second-order valence-electron chi connectivity index (χ2n) is 6.51. The molecule has 0 spiro atoms. The number of hydrogen-bond acceptors (Lipinski definition) is 4. The van der Waals surface area contributed by atoms with Crippen molar-refractivity contribution in [1.82, 2.24) is 4.98 Å². The van der Waals surface area contributed by atoms with Gasteiger partial charge in [-0.1, -0.05) is 46.3 Å². The molecule has 0 aliphatic carbocycles. The molecule has 29 heavy (non-hydrogen) atoms. The number of aliphatic imine (C=N–C) groups is 1. The van der Waals surface area contributed by atoms with E-state index in [1.54, 1.807) is 6.21 Å². The van der Waals surface area contributed by atoms with E-state index in [0.717, 1.165) is 38.1 Å². The molecule has 0 aliphatic rings. The van der Waals surface area contributed by atoms with Gasteiger partial charge in [0.05, 0.1) is 11.9 Å². The Morgan fingerprint density at radius 2 is 1.66 bits per heavy atom. The molecule has 0 aliphatic heterocycles. The van der Waals surface area contributed by atoms with Gasteiger partial charge in [-0.2, -0.15) is 0 Å². The standard InChI is InChI=1S/C24H15BrN2O2/c25-18-8-4-7-17(13-18)22-12-10-20(28-22)15-26-19-9-11-23-21(14-19)27-24(29-23)16-5-2-1-3-6-16/h1-15H. The molecule has 0 fully saturated rings. The Hall–Kier alpha value is -3.44. The quantitative estimate of drug-likeness (QED) is 0.275. The first kappa shape index (κ1) is 17.6. The number of rotatable bonds is 4. The van der Waals surface area contributed by atoms with Gasteiger partial charge in [0.25, 0.3) is 0 Å². The number of furan rings is 1. The summed E-state index contributed by atoms with van der Waals surface area (Å²) >= 11 is 3.48.